The summed E-state index contributed by atoms with van der Waals surface area (Å²) in [5, 5.41) is 14.8. The van der Waals surface area contributed by atoms with Gasteiger partial charge in [-0.2, -0.15) is 0 Å². The second kappa shape index (κ2) is 8.30. The molecule has 29 heavy (non-hydrogen) atoms. The summed E-state index contributed by atoms with van der Waals surface area (Å²) >= 11 is 3.51. The van der Waals surface area contributed by atoms with Crippen LogP contribution >= 0.6 is 23.1 Å². The van der Waals surface area contributed by atoms with E-state index in [0.29, 0.717) is 0 Å². The Labute approximate surface area is 178 Å². The van der Waals surface area contributed by atoms with Crippen LogP contribution in [0.25, 0.3) is 22.2 Å². The largest absolute Gasteiger partial charge is 0.376 e. The molecule has 6 heteroatoms. The summed E-state index contributed by atoms with van der Waals surface area (Å²) in [4.78, 5) is 1.29. The molecule has 4 aromatic rings. The number of thiophene rings is 1. The topological polar surface area (TPSA) is 39.9 Å². The van der Waals surface area contributed by atoms with Gasteiger partial charge in [0.1, 0.15) is 0 Å². The predicted octanol–water partition coefficient (Wildman–Crippen LogP) is 5.94. The normalized spacial score (nSPS) is 16.7. The fourth-order valence-corrected chi connectivity index (χ4v) is 5.52. The van der Waals surface area contributed by atoms with Crippen LogP contribution in [0.15, 0.2) is 59.1 Å². The van der Waals surface area contributed by atoms with Crippen molar-refractivity contribution in [3.63, 3.8) is 0 Å². The summed E-state index contributed by atoms with van der Waals surface area (Å²) in [7, 11) is 0. The molecule has 2 aromatic heterocycles. The summed E-state index contributed by atoms with van der Waals surface area (Å²) < 4.78 is 8.17. The fourth-order valence-electron chi connectivity index (χ4n) is 3.89. The molecule has 1 fully saturated rings. The highest BCUT2D eigenvalue weighted by Crippen LogP contribution is 2.31. The molecule has 0 radical (unpaired) electrons. The van der Waals surface area contributed by atoms with E-state index < -0.39 is 0 Å². The molecule has 0 aliphatic carbocycles. The van der Waals surface area contributed by atoms with E-state index in [1.165, 1.54) is 21.2 Å². The highest BCUT2D eigenvalue weighted by atomic mass is 32.2. The van der Waals surface area contributed by atoms with Gasteiger partial charge in [-0.25, -0.2) is 0 Å². The Bertz CT molecular complexity index is 1120. The Morgan fingerprint density at radius 3 is 2.90 bits per heavy atom. The maximum Gasteiger partial charge on any atom is 0.191 e. The Balaban J connectivity index is 1.45. The molecular formula is C23H23N3OS2. The monoisotopic (exact) mass is 421 g/mol. The van der Waals surface area contributed by atoms with Crippen molar-refractivity contribution in [3.8, 4) is 11.4 Å². The lowest BCUT2D eigenvalue weighted by Gasteiger charge is -2.14. The van der Waals surface area contributed by atoms with Gasteiger partial charge in [0.15, 0.2) is 11.0 Å². The van der Waals surface area contributed by atoms with Crippen LogP contribution in [0.4, 0.5) is 0 Å². The van der Waals surface area contributed by atoms with Gasteiger partial charge in [0.25, 0.3) is 0 Å². The minimum atomic E-state index is 0.251. The van der Waals surface area contributed by atoms with Crippen molar-refractivity contribution in [2.45, 2.75) is 43.3 Å². The van der Waals surface area contributed by atoms with E-state index in [1.807, 2.05) is 0 Å². The lowest BCUT2D eigenvalue weighted by atomic mass is 10.1. The van der Waals surface area contributed by atoms with E-state index in [4.69, 9.17) is 4.74 Å². The number of hydrogen-bond acceptors (Lipinski definition) is 5. The van der Waals surface area contributed by atoms with Gasteiger partial charge in [0, 0.05) is 28.2 Å². The van der Waals surface area contributed by atoms with Crippen molar-refractivity contribution >= 4 is 33.9 Å². The number of thioether (sulfide) groups is 1. The maximum absolute atomic E-state index is 5.91. The Morgan fingerprint density at radius 1 is 1.17 bits per heavy atom. The second-order valence-electron chi connectivity index (χ2n) is 7.42. The number of nitrogens with zero attached hydrogens (tertiary/aromatic N) is 3. The molecule has 2 aromatic carbocycles. The number of aromatic nitrogens is 3. The minimum absolute atomic E-state index is 0.251. The zero-order chi connectivity index (χ0) is 19.6. The second-order valence-corrected chi connectivity index (χ2v) is 9.48. The molecule has 3 heterocycles. The van der Waals surface area contributed by atoms with E-state index in [-0.39, 0.29) is 6.10 Å². The van der Waals surface area contributed by atoms with Crippen molar-refractivity contribution in [1.29, 1.82) is 0 Å². The summed E-state index contributed by atoms with van der Waals surface area (Å²) in [5.74, 6) is 1.82. The first kappa shape index (κ1) is 18.9. The summed E-state index contributed by atoms with van der Waals surface area (Å²) in [6, 6.07) is 17.3. The smallest absolute Gasteiger partial charge is 0.191 e. The molecule has 5 rings (SSSR count). The molecule has 0 N–H and O–H groups in total. The van der Waals surface area contributed by atoms with Crippen LogP contribution in [0.3, 0.4) is 0 Å². The fraction of sp³-hybridized carbons (Fsp3) is 0.304. The molecular weight excluding hydrogens is 398 g/mol. The number of ether oxygens (including phenoxy) is 1. The number of hydrogen-bond donors (Lipinski definition) is 0. The molecule has 1 aliphatic heterocycles. The van der Waals surface area contributed by atoms with Gasteiger partial charge in [0.2, 0.25) is 0 Å². The number of fused-ring (bicyclic) bond motifs is 1. The Hall–Kier alpha value is -2.15. The van der Waals surface area contributed by atoms with Crippen molar-refractivity contribution in [1.82, 2.24) is 14.8 Å². The molecule has 0 amide bonds. The third-order valence-corrected chi connectivity index (χ3v) is 7.23. The Morgan fingerprint density at radius 2 is 2.07 bits per heavy atom. The average Bonchev–Trinajstić information content (AvgIpc) is 3.49. The molecule has 1 saturated heterocycles. The molecule has 148 valence electrons. The summed E-state index contributed by atoms with van der Waals surface area (Å²) in [5.41, 5.74) is 2.47. The SMILES string of the molecule is Cc1cc(-c2nnc(SCc3cccc4ccccc34)n2CC2CCCO2)cs1. The highest BCUT2D eigenvalue weighted by molar-refractivity contribution is 7.98. The molecule has 1 atom stereocenters. The average molecular weight is 422 g/mol. The van der Waals surface area contributed by atoms with E-state index >= 15 is 0 Å². The van der Waals surface area contributed by atoms with Crippen LogP contribution in [0, 0.1) is 6.92 Å². The van der Waals surface area contributed by atoms with Gasteiger partial charge >= 0.3 is 0 Å². The van der Waals surface area contributed by atoms with Crippen molar-refractivity contribution in [3.05, 3.63) is 64.4 Å². The van der Waals surface area contributed by atoms with Crippen LogP contribution in [0.1, 0.15) is 23.3 Å². The van der Waals surface area contributed by atoms with Gasteiger partial charge in [-0.05, 0) is 42.2 Å². The summed E-state index contributed by atoms with van der Waals surface area (Å²) in [6.07, 6.45) is 2.49. The molecule has 1 unspecified atom stereocenters. The number of benzene rings is 2. The first-order valence-electron chi connectivity index (χ1n) is 9.98. The van der Waals surface area contributed by atoms with Crippen molar-refractivity contribution < 1.29 is 4.74 Å². The Kier molecular flexibility index (Phi) is 5.40. The van der Waals surface area contributed by atoms with E-state index in [0.717, 1.165) is 48.3 Å². The lowest BCUT2D eigenvalue weighted by Crippen LogP contribution is -2.16. The van der Waals surface area contributed by atoms with Crippen LogP contribution in [0.5, 0.6) is 0 Å². The third kappa shape index (κ3) is 3.97. The molecule has 0 saturated carbocycles. The van der Waals surface area contributed by atoms with E-state index in [1.54, 1.807) is 23.1 Å². The van der Waals surface area contributed by atoms with Gasteiger partial charge in [0.05, 0.1) is 12.6 Å². The zero-order valence-electron chi connectivity index (χ0n) is 16.4. The van der Waals surface area contributed by atoms with Gasteiger partial charge < -0.3 is 4.74 Å². The standard InChI is InChI=1S/C23H23N3OS2/c1-16-12-19(15-28-16)22-24-25-23(26(22)13-20-9-5-11-27-20)29-14-18-8-4-7-17-6-2-3-10-21(17)18/h2-4,6-8,10,12,15,20H,5,9,11,13-14H2,1H3. The number of aryl methyl sites for hydroxylation is 1. The van der Waals surface area contributed by atoms with Crippen LogP contribution in [0.2, 0.25) is 0 Å². The van der Waals surface area contributed by atoms with Gasteiger partial charge in [-0.15, -0.1) is 21.5 Å². The third-order valence-electron chi connectivity index (χ3n) is 5.35. The van der Waals surface area contributed by atoms with Crippen LogP contribution < -0.4 is 0 Å². The maximum atomic E-state index is 5.91. The molecule has 4 nitrogen and oxygen atoms in total. The number of rotatable bonds is 6. The zero-order valence-corrected chi connectivity index (χ0v) is 18.0. The predicted molar refractivity (Wildman–Crippen MR) is 121 cm³/mol. The molecule has 0 spiro atoms. The van der Waals surface area contributed by atoms with Crippen molar-refractivity contribution in [2.75, 3.05) is 6.61 Å². The van der Waals surface area contributed by atoms with Crippen LogP contribution in [-0.2, 0) is 17.0 Å². The molecule has 0 bridgehead atoms. The first-order valence-corrected chi connectivity index (χ1v) is 11.8. The van der Waals surface area contributed by atoms with E-state index in [2.05, 4.69) is 75.6 Å². The molecule has 1 aliphatic rings. The van der Waals surface area contributed by atoms with Crippen LogP contribution in [-0.4, -0.2) is 27.5 Å². The van der Waals surface area contributed by atoms with Gasteiger partial charge in [-0.1, -0.05) is 54.2 Å². The van der Waals surface area contributed by atoms with E-state index in [9.17, 15) is 0 Å². The minimum Gasteiger partial charge on any atom is -0.376 e. The van der Waals surface area contributed by atoms with Crippen molar-refractivity contribution in [2.24, 2.45) is 0 Å². The van der Waals surface area contributed by atoms with Gasteiger partial charge in [-0.3, -0.25) is 4.57 Å². The first-order chi connectivity index (χ1) is 14.3. The summed E-state index contributed by atoms with van der Waals surface area (Å²) in [6.45, 7) is 3.80. The highest BCUT2D eigenvalue weighted by Gasteiger charge is 2.22. The quantitative estimate of drug-likeness (QED) is 0.361. The lowest BCUT2D eigenvalue weighted by molar-refractivity contribution is 0.0953.